The molecule has 2 rings (SSSR count). The molecular formula is C13H18ClNO4S. The van der Waals surface area contributed by atoms with Crippen LogP contribution in [0.2, 0.25) is 5.02 Å². The molecule has 0 N–H and O–H groups in total. The van der Waals surface area contributed by atoms with Crippen LogP contribution in [-0.4, -0.2) is 38.2 Å². The van der Waals surface area contributed by atoms with Crippen LogP contribution in [0.1, 0.15) is 20.8 Å². The molecule has 1 saturated heterocycles. The maximum atomic E-state index is 12.9. The van der Waals surface area contributed by atoms with Gasteiger partial charge >= 0.3 is 0 Å². The van der Waals surface area contributed by atoms with Gasteiger partial charge in [-0.3, -0.25) is 0 Å². The summed E-state index contributed by atoms with van der Waals surface area (Å²) in [5.41, 5.74) is -0.619. The molecule has 1 aromatic rings. The van der Waals surface area contributed by atoms with E-state index < -0.39 is 21.8 Å². The predicted molar refractivity (Wildman–Crippen MR) is 76.5 cm³/mol. The molecule has 0 amide bonds. The number of rotatable bonds is 3. The lowest BCUT2D eigenvalue weighted by molar-refractivity contribution is 0.0843. The lowest BCUT2D eigenvalue weighted by Gasteiger charge is -2.31. The highest BCUT2D eigenvalue weighted by molar-refractivity contribution is 7.89. The molecule has 1 atom stereocenters. The largest absolute Gasteiger partial charge is 0.495 e. The van der Waals surface area contributed by atoms with Crippen LogP contribution in [0.4, 0.5) is 0 Å². The van der Waals surface area contributed by atoms with Gasteiger partial charge in [-0.05, 0) is 39.0 Å². The highest BCUT2D eigenvalue weighted by Crippen LogP contribution is 2.37. The maximum absolute atomic E-state index is 12.9. The number of benzene rings is 1. The van der Waals surface area contributed by atoms with Crippen LogP contribution in [0.15, 0.2) is 23.1 Å². The van der Waals surface area contributed by atoms with Crippen molar-refractivity contribution in [2.24, 2.45) is 0 Å². The summed E-state index contributed by atoms with van der Waals surface area (Å²) in [5, 5.41) is 0.343. The summed E-state index contributed by atoms with van der Waals surface area (Å²) >= 11 is 5.92. The summed E-state index contributed by atoms with van der Waals surface area (Å²) in [6, 6.07) is 4.54. The van der Waals surface area contributed by atoms with E-state index >= 15 is 0 Å². The molecular weight excluding hydrogens is 302 g/mol. The van der Waals surface area contributed by atoms with E-state index in [0.29, 0.717) is 11.6 Å². The third-order valence-corrected chi connectivity index (χ3v) is 5.69. The van der Waals surface area contributed by atoms with Gasteiger partial charge in [0, 0.05) is 5.02 Å². The predicted octanol–water partition coefficient (Wildman–Crippen LogP) is 2.49. The van der Waals surface area contributed by atoms with Crippen molar-refractivity contribution in [3.05, 3.63) is 23.2 Å². The molecule has 5 nitrogen and oxygen atoms in total. The zero-order valence-corrected chi connectivity index (χ0v) is 13.5. The van der Waals surface area contributed by atoms with Gasteiger partial charge in [0.1, 0.15) is 16.9 Å². The summed E-state index contributed by atoms with van der Waals surface area (Å²) in [7, 11) is -2.33. The molecule has 1 aromatic carbocycles. The van der Waals surface area contributed by atoms with E-state index in [2.05, 4.69) is 0 Å². The van der Waals surface area contributed by atoms with E-state index in [-0.39, 0.29) is 10.6 Å². The van der Waals surface area contributed by atoms with Crippen LogP contribution >= 0.6 is 11.6 Å². The van der Waals surface area contributed by atoms with Gasteiger partial charge in [0.05, 0.1) is 19.3 Å². The van der Waals surface area contributed by atoms with E-state index in [0.717, 1.165) is 0 Å². The molecule has 1 aliphatic heterocycles. The SMILES string of the molecule is COc1ccc(Cl)cc1S(=O)(=O)N1C(C)OCC1(C)C. The molecule has 0 aliphatic carbocycles. The molecule has 0 spiro atoms. The van der Waals surface area contributed by atoms with E-state index in [1.54, 1.807) is 19.1 Å². The Hall–Kier alpha value is -0.820. The fourth-order valence-electron chi connectivity index (χ4n) is 2.43. The van der Waals surface area contributed by atoms with Crippen LogP contribution < -0.4 is 4.74 Å². The Kier molecular flexibility index (Phi) is 4.03. The quantitative estimate of drug-likeness (QED) is 0.859. The smallest absolute Gasteiger partial charge is 0.249 e. The summed E-state index contributed by atoms with van der Waals surface area (Å²) in [4.78, 5) is 0.0536. The van der Waals surface area contributed by atoms with E-state index in [4.69, 9.17) is 21.1 Å². The maximum Gasteiger partial charge on any atom is 0.249 e. The zero-order chi connectivity index (χ0) is 15.1. The molecule has 0 bridgehead atoms. The minimum Gasteiger partial charge on any atom is -0.495 e. The van der Waals surface area contributed by atoms with Crippen molar-refractivity contribution in [3.63, 3.8) is 0 Å². The molecule has 7 heteroatoms. The Morgan fingerprint density at radius 3 is 2.60 bits per heavy atom. The zero-order valence-electron chi connectivity index (χ0n) is 11.9. The fraction of sp³-hybridized carbons (Fsp3) is 0.538. The second-order valence-electron chi connectivity index (χ2n) is 5.32. The van der Waals surface area contributed by atoms with Crippen molar-refractivity contribution in [2.75, 3.05) is 13.7 Å². The molecule has 1 unspecified atom stereocenters. The second kappa shape index (κ2) is 5.18. The highest BCUT2D eigenvalue weighted by Gasteiger charge is 2.47. The molecule has 1 aliphatic rings. The topological polar surface area (TPSA) is 55.8 Å². The Morgan fingerprint density at radius 2 is 2.10 bits per heavy atom. The third-order valence-electron chi connectivity index (χ3n) is 3.27. The highest BCUT2D eigenvalue weighted by atomic mass is 35.5. The monoisotopic (exact) mass is 319 g/mol. The lowest BCUT2D eigenvalue weighted by Crippen LogP contribution is -2.47. The van der Waals surface area contributed by atoms with Gasteiger partial charge in [-0.2, -0.15) is 4.31 Å². The lowest BCUT2D eigenvalue weighted by atomic mass is 10.1. The number of methoxy groups -OCH3 is 1. The van der Waals surface area contributed by atoms with E-state index in [9.17, 15) is 8.42 Å². The van der Waals surface area contributed by atoms with Crippen LogP contribution in [0.3, 0.4) is 0 Å². The average molecular weight is 320 g/mol. The number of hydrogen-bond acceptors (Lipinski definition) is 4. The summed E-state index contributed by atoms with van der Waals surface area (Å²) in [5.74, 6) is 0.268. The van der Waals surface area contributed by atoms with Crippen molar-refractivity contribution in [2.45, 2.75) is 37.4 Å². The number of hydrogen-bond donors (Lipinski definition) is 0. The first-order valence-electron chi connectivity index (χ1n) is 6.20. The van der Waals surface area contributed by atoms with Crippen molar-refractivity contribution < 1.29 is 17.9 Å². The van der Waals surface area contributed by atoms with Crippen molar-refractivity contribution in [3.8, 4) is 5.75 Å². The van der Waals surface area contributed by atoms with Gasteiger partial charge < -0.3 is 9.47 Å². The summed E-state index contributed by atoms with van der Waals surface area (Å²) in [6.07, 6.45) is -0.529. The molecule has 0 aromatic heterocycles. The minimum absolute atomic E-state index is 0.0536. The first-order valence-corrected chi connectivity index (χ1v) is 8.01. The van der Waals surface area contributed by atoms with Gasteiger partial charge in [0.25, 0.3) is 0 Å². The van der Waals surface area contributed by atoms with Crippen LogP contribution in [0, 0.1) is 0 Å². The Morgan fingerprint density at radius 1 is 1.45 bits per heavy atom. The minimum atomic E-state index is -3.76. The summed E-state index contributed by atoms with van der Waals surface area (Å²) in [6.45, 7) is 5.70. The standard InChI is InChI=1S/C13H18ClNO4S/c1-9-15(13(2,3)8-19-9)20(16,17)12-7-10(14)5-6-11(12)18-4/h5-7,9H,8H2,1-4H3. The van der Waals surface area contributed by atoms with Gasteiger partial charge in [-0.1, -0.05) is 11.6 Å². The molecule has 0 radical (unpaired) electrons. The molecule has 0 saturated carbocycles. The second-order valence-corrected chi connectivity index (χ2v) is 7.54. The van der Waals surface area contributed by atoms with Gasteiger partial charge in [-0.15, -0.1) is 0 Å². The molecule has 112 valence electrons. The number of sulfonamides is 1. The van der Waals surface area contributed by atoms with Crippen molar-refractivity contribution >= 4 is 21.6 Å². The first-order chi connectivity index (χ1) is 9.20. The van der Waals surface area contributed by atoms with Crippen LogP contribution in [0.5, 0.6) is 5.75 Å². The fourth-order valence-corrected chi connectivity index (χ4v) is 4.71. The number of nitrogens with zero attached hydrogens (tertiary/aromatic N) is 1. The average Bonchev–Trinajstić information content (AvgIpc) is 2.63. The van der Waals surface area contributed by atoms with E-state index in [1.807, 2.05) is 13.8 Å². The third kappa shape index (κ3) is 2.53. The van der Waals surface area contributed by atoms with Crippen molar-refractivity contribution in [1.29, 1.82) is 0 Å². The summed E-state index contributed by atoms with van der Waals surface area (Å²) < 4.78 is 37.8. The van der Waals surface area contributed by atoms with Crippen molar-refractivity contribution in [1.82, 2.24) is 4.31 Å². The van der Waals surface area contributed by atoms with Gasteiger partial charge in [0.2, 0.25) is 10.0 Å². The Labute approximate surface area is 124 Å². The van der Waals surface area contributed by atoms with E-state index in [1.165, 1.54) is 17.5 Å². The number of ether oxygens (including phenoxy) is 2. The normalized spacial score (nSPS) is 22.9. The van der Waals surface area contributed by atoms with Gasteiger partial charge in [0.15, 0.2) is 0 Å². The molecule has 20 heavy (non-hydrogen) atoms. The van der Waals surface area contributed by atoms with Crippen LogP contribution in [0.25, 0.3) is 0 Å². The molecule has 1 fully saturated rings. The van der Waals surface area contributed by atoms with Crippen LogP contribution in [-0.2, 0) is 14.8 Å². The van der Waals surface area contributed by atoms with Gasteiger partial charge in [-0.25, -0.2) is 8.42 Å². The Balaban J connectivity index is 2.58. The molecule has 1 heterocycles. The first kappa shape index (κ1) is 15.6. The number of halogens is 1. The Bertz CT molecular complexity index is 615.